The van der Waals surface area contributed by atoms with Crippen LogP contribution in [0.3, 0.4) is 0 Å². The summed E-state index contributed by atoms with van der Waals surface area (Å²) >= 11 is 11.7. The average Bonchev–Trinajstić information content (AvgIpc) is 2.63. The Balaban J connectivity index is 1.82. The number of rotatable bonds is 6. The van der Waals surface area contributed by atoms with Crippen molar-refractivity contribution < 1.29 is 21.9 Å². The van der Waals surface area contributed by atoms with Crippen LogP contribution in [0.2, 0.25) is 10.0 Å². The van der Waals surface area contributed by atoms with E-state index < -0.39 is 20.0 Å². The van der Waals surface area contributed by atoms with Crippen molar-refractivity contribution in [1.29, 1.82) is 0 Å². The molecule has 0 saturated carbocycles. The Hall–Kier alpha value is -2.46. The van der Waals surface area contributed by atoms with Crippen molar-refractivity contribution in [1.82, 2.24) is 0 Å². The number of hydrogen-bond donors (Lipinski definition) is 3. The number of para-hydroxylation sites is 2. The van der Waals surface area contributed by atoms with Gasteiger partial charge in [0.1, 0.15) is 5.75 Å². The second-order valence-electron chi connectivity index (χ2n) is 5.86. The molecule has 152 valence electrons. The van der Waals surface area contributed by atoms with Crippen molar-refractivity contribution in [3.8, 4) is 5.75 Å². The van der Waals surface area contributed by atoms with Gasteiger partial charge < -0.3 is 5.11 Å². The number of anilines is 2. The Kier molecular flexibility index (Phi) is 5.95. The second kappa shape index (κ2) is 8.11. The quantitative estimate of drug-likeness (QED) is 0.462. The fraction of sp³-hybridized carbons (Fsp3) is 0. The fourth-order valence-electron chi connectivity index (χ4n) is 2.36. The number of phenols is 1. The molecule has 0 aliphatic rings. The highest BCUT2D eigenvalue weighted by Crippen LogP contribution is 2.27. The van der Waals surface area contributed by atoms with E-state index in [2.05, 4.69) is 9.44 Å². The normalized spacial score (nSPS) is 11.8. The zero-order valence-corrected chi connectivity index (χ0v) is 17.6. The summed E-state index contributed by atoms with van der Waals surface area (Å²) in [5.74, 6) is -0.222. The van der Waals surface area contributed by atoms with Crippen LogP contribution in [-0.2, 0) is 20.0 Å². The number of phenolic OH excluding ortho intramolecular Hbond substituents is 1. The van der Waals surface area contributed by atoms with Crippen LogP contribution in [0.5, 0.6) is 5.75 Å². The Morgan fingerprint density at radius 3 is 1.83 bits per heavy atom. The van der Waals surface area contributed by atoms with Gasteiger partial charge in [0.05, 0.1) is 15.5 Å². The number of aromatic hydroxyl groups is 1. The molecule has 0 heterocycles. The molecule has 11 heteroatoms. The van der Waals surface area contributed by atoms with Crippen molar-refractivity contribution >= 4 is 54.6 Å². The largest absolute Gasteiger partial charge is 0.506 e. The molecule has 0 radical (unpaired) electrons. The topological polar surface area (TPSA) is 113 Å². The Bertz CT molecular complexity index is 1240. The molecular formula is C18H14Cl2N2O5S2. The lowest BCUT2D eigenvalue weighted by atomic mass is 10.3. The molecule has 0 aliphatic heterocycles. The number of halogens is 2. The molecule has 0 bridgehead atoms. The van der Waals surface area contributed by atoms with E-state index in [1.165, 1.54) is 54.6 Å². The number of nitrogens with one attached hydrogen (secondary N) is 2. The van der Waals surface area contributed by atoms with E-state index in [4.69, 9.17) is 23.2 Å². The summed E-state index contributed by atoms with van der Waals surface area (Å²) in [5.41, 5.74) is 0.165. The molecule has 0 atom stereocenters. The molecule has 3 aromatic carbocycles. The van der Waals surface area contributed by atoms with Crippen LogP contribution in [0.4, 0.5) is 11.4 Å². The van der Waals surface area contributed by atoms with Gasteiger partial charge in [-0.2, -0.15) is 0 Å². The SMILES string of the molecule is O=S(=O)(Nc1ccc(S(=O)(=O)Nc2ccccc2O)cc1)c1cc(Cl)cc(Cl)c1. The molecular weight excluding hydrogens is 459 g/mol. The molecule has 0 aromatic heterocycles. The third-order valence-electron chi connectivity index (χ3n) is 3.71. The van der Waals surface area contributed by atoms with Crippen molar-refractivity contribution in [3.05, 3.63) is 76.8 Å². The standard InChI is InChI=1S/C18H14Cl2N2O5S2/c19-12-9-13(20)11-16(10-12)29(26,27)21-14-5-7-15(8-6-14)28(24,25)22-17-3-1-2-4-18(17)23/h1-11,21-23H. The van der Waals surface area contributed by atoms with E-state index >= 15 is 0 Å². The number of benzene rings is 3. The third-order valence-corrected chi connectivity index (χ3v) is 6.89. The molecule has 0 aliphatic carbocycles. The summed E-state index contributed by atoms with van der Waals surface area (Å²) in [6, 6.07) is 14.8. The number of hydrogen-bond acceptors (Lipinski definition) is 5. The molecule has 3 aromatic rings. The molecule has 3 N–H and O–H groups in total. The van der Waals surface area contributed by atoms with Crippen LogP contribution < -0.4 is 9.44 Å². The van der Waals surface area contributed by atoms with Crippen LogP contribution in [0.25, 0.3) is 0 Å². The summed E-state index contributed by atoms with van der Waals surface area (Å²) in [6.45, 7) is 0. The van der Waals surface area contributed by atoms with Gasteiger partial charge in [-0.05, 0) is 54.6 Å². The van der Waals surface area contributed by atoms with Gasteiger partial charge in [0.15, 0.2) is 0 Å². The van der Waals surface area contributed by atoms with Gasteiger partial charge in [0, 0.05) is 15.7 Å². The van der Waals surface area contributed by atoms with Crippen molar-refractivity contribution in [2.75, 3.05) is 9.44 Å². The molecule has 0 saturated heterocycles. The van der Waals surface area contributed by atoms with Gasteiger partial charge >= 0.3 is 0 Å². The van der Waals surface area contributed by atoms with Crippen LogP contribution in [0.1, 0.15) is 0 Å². The first-order chi connectivity index (χ1) is 13.6. The predicted molar refractivity (Wildman–Crippen MR) is 113 cm³/mol. The van der Waals surface area contributed by atoms with E-state index in [-0.39, 0.29) is 37.0 Å². The lowest BCUT2D eigenvalue weighted by Crippen LogP contribution is -2.14. The Morgan fingerprint density at radius 2 is 1.24 bits per heavy atom. The summed E-state index contributed by atoms with van der Waals surface area (Å²) in [7, 11) is -7.96. The smallest absolute Gasteiger partial charge is 0.262 e. The van der Waals surface area contributed by atoms with Gasteiger partial charge in [-0.1, -0.05) is 35.3 Å². The highest BCUT2D eigenvalue weighted by molar-refractivity contribution is 7.93. The van der Waals surface area contributed by atoms with Gasteiger partial charge in [-0.15, -0.1) is 0 Å². The minimum atomic E-state index is -3.98. The maximum Gasteiger partial charge on any atom is 0.262 e. The molecule has 0 fully saturated rings. The van der Waals surface area contributed by atoms with E-state index in [1.807, 2.05) is 0 Å². The van der Waals surface area contributed by atoms with Crippen molar-refractivity contribution in [3.63, 3.8) is 0 Å². The van der Waals surface area contributed by atoms with E-state index in [9.17, 15) is 21.9 Å². The molecule has 7 nitrogen and oxygen atoms in total. The zero-order valence-electron chi connectivity index (χ0n) is 14.5. The Labute approximate surface area is 178 Å². The van der Waals surface area contributed by atoms with Crippen molar-refractivity contribution in [2.45, 2.75) is 9.79 Å². The monoisotopic (exact) mass is 472 g/mol. The van der Waals surface area contributed by atoms with Gasteiger partial charge in [0.2, 0.25) is 0 Å². The maximum absolute atomic E-state index is 12.5. The van der Waals surface area contributed by atoms with E-state index in [1.54, 1.807) is 12.1 Å². The summed E-state index contributed by atoms with van der Waals surface area (Å²) < 4.78 is 54.5. The summed E-state index contributed by atoms with van der Waals surface area (Å²) in [5, 5.41) is 10.0. The molecule has 3 rings (SSSR count). The van der Waals surface area contributed by atoms with Crippen LogP contribution in [0.15, 0.2) is 76.5 Å². The van der Waals surface area contributed by atoms with Gasteiger partial charge in [-0.25, -0.2) is 16.8 Å². The first-order valence-corrected chi connectivity index (χ1v) is 11.7. The molecule has 0 unspecified atom stereocenters. The lowest BCUT2D eigenvalue weighted by Gasteiger charge is -2.11. The van der Waals surface area contributed by atoms with Crippen LogP contribution in [0, 0.1) is 0 Å². The third kappa shape index (κ3) is 5.13. The highest BCUT2D eigenvalue weighted by Gasteiger charge is 2.18. The van der Waals surface area contributed by atoms with Crippen LogP contribution >= 0.6 is 23.2 Å². The molecule has 0 spiro atoms. The van der Waals surface area contributed by atoms with Crippen LogP contribution in [-0.4, -0.2) is 21.9 Å². The molecule has 29 heavy (non-hydrogen) atoms. The van der Waals surface area contributed by atoms with E-state index in [0.29, 0.717) is 0 Å². The van der Waals surface area contributed by atoms with Gasteiger partial charge in [0.25, 0.3) is 20.0 Å². The second-order valence-corrected chi connectivity index (χ2v) is 10.1. The summed E-state index contributed by atoms with van der Waals surface area (Å²) in [6.07, 6.45) is 0. The number of sulfonamides is 2. The first kappa shape index (κ1) is 21.3. The first-order valence-electron chi connectivity index (χ1n) is 7.97. The molecule has 0 amide bonds. The van der Waals surface area contributed by atoms with Crippen molar-refractivity contribution in [2.24, 2.45) is 0 Å². The predicted octanol–water partition coefficient (Wildman–Crippen LogP) is 4.30. The minimum absolute atomic E-state index is 0.0233. The Morgan fingerprint density at radius 1 is 0.690 bits per heavy atom. The fourth-order valence-corrected chi connectivity index (χ4v) is 5.22. The maximum atomic E-state index is 12.5. The lowest BCUT2D eigenvalue weighted by molar-refractivity contribution is 0.477. The zero-order chi connectivity index (χ0) is 21.2. The minimum Gasteiger partial charge on any atom is -0.506 e. The van der Waals surface area contributed by atoms with E-state index in [0.717, 1.165) is 0 Å². The van der Waals surface area contributed by atoms with Gasteiger partial charge in [-0.3, -0.25) is 9.44 Å². The summed E-state index contributed by atoms with van der Waals surface area (Å²) in [4.78, 5) is -0.248. The highest BCUT2D eigenvalue weighted by atomic mass is 35.5. The average molecular weight is 473 g/mol.